The molecule has 1 saturated heterocycles. The summed E-state index contributed by atoms with van der Waals surface area (Å²) in [7, 11) is 0. The summed E-state index contributed by atoms with van der Waals surface area (Å²) >= 11 is 0. The lowest BCUT2D eigenvalue weighted by Gasteiger charge is -2.32. The zero-order valence-electron chi connectivity index (χ0n) is 18.4. The second-order valence-electron chi connectivity index (χ2n) is 8.92. The van der Waals surface area contributed by atoms with Crippen LogP contribution in [0.2, 0.25) is 0 Å². The Kier molecular flexibility index (Phi) is 6.02. The predicted molar refractivity (Wildman–Crippen MR) is 116 cm³/mol. The molecule has 0 atom stereocenters. The third-order valence-electron chi connectivity index (χ3n) is 6.84. The molecule has 2 aromatic rings. The van der Waals surface area contributed by atoms with Crippen LogP contribution in [0.4, 0.5) is 0 Å². The minimum absolute atomic E-state index is 0.0701. The molecule has 30 heavy (non-hydrogen) atoms. The summed E-state index contributed by atoms with van der Waals surface area (Å²) in [6.45, 7) is 7.40. The fraction of sp³-hybridized carbons (Fsp3) is 0.583. The smallest absolute Gasteiger partial charge is 0.287 e. The fourth-order valence-electron chi connectivity index (χ4n) is 5.15. The number of amides is 2. The van der Waals surface area contributed by atoms with Gasteiger partial charge in [-0.15, -0.1) is 0 Å². The molecule has 0 bridgehead atoms. The molecule has 2 fully saturated rings. The zero-order chi connectivity index (χ0) is 21.3. The highest BCUT2D eigenvalue weighted by Gasteiger charge is 2.29. The van der Waals surface area contributed by atoms with E-state index in [4.69, 9.17) is 4.42 Å². The van der Waals surface area contributed by atoms with E-state index >= 15 is 0 Å². The van der Waals surface area contributed by atoms with E-state index in [-0.39, 0.29) is 17.9 Å². The molecule has 6 nitrogen and oxygen atoms in total. The van der Waals surface area contributed by atoms with Crippen LogP contribution in [0, 0.1) is 20.8 Å². The molecule has 1 aliphatic heterocycles. The van der Waals surface area contributed by atoms with Gasteiger partial charge in [0, 0.05) is 42.1 Å². The molecule has 6 heteroatoms. The van der Waals surface area contributed by atoms with Crippen LogP contribution in [-0.4, -0.2) is 40.4 Å². The predicted octanol–water partition coefficient (Wildman–Crippen LogP) is 4.55. The van der Waals surface area contributed by atoms with Crippen molar-refractivity contribution in [3.63, 3.8) is 0 Å². The van der Waals surface area contributed by atoms with Crippen LogP contribution < -0.4 is 5.32 Å². The molecule has 1 aliphatic carbocycles. The van der Waals surface area contributed by atoms with Crippen molar-refractivity contribution in [2.75, 3.05) is 13.1 Å². The van der Waals surface area contributed by atoms with Crippen molar-refractivity contribution in [1.29, 1.82) is 0 Å². The van der Waals surface area contributed by atoms with Crippen molar-refractivity contribution in [3.8, 4) is 0 Å². The van der Waals surface area contributed by atoms with E-state index in [1.165, 1.54) is 44.1 Å². The van der Waals surface area contributed by atoms with Crippen LogP contribution in [0.15, 0.2) is 22.8 Å². The number of piperidine rings is 1. The van der Waals surface area contributed by atoms with Gasteiger partial charge in [0.25, 0.3) is 11.8 Å². The molecule has 2 aliphatic rings. The van der Waals surface area contributed by atoms with Crippen LogP contribution in [0.1, 0.15) is 88.9 Å². The second kappa shape index (κ2) is 8.70. The Bertz CT molecular complexity index is 912. The number of nitrogens with zero attached hydrogens (tertiary/aromatic N) is 2. The summed E-state index contributed by atoms with van der Waals surface area (Å²) in [4.78, 5) is 27.6. The molecule has 0 radical (unpaired) electrons. The number of aryl methyl sites for hydroxylation is 2. The number of hydrogen-bond donors (Lipinski definition) is 1. The quantitative estimate of drug-likeness (QED) is 0.803. The summed E-state index contributed by atoms with van der Waals surface area (Å²) in [5, 5.41) is 3.05. The van der Waals surface area contributed by atoms with Crippen molar-refractivity contribution in [2.24, 2.45) is 0 Å². The first-order valence-corrected chi connectivity index (χ1v) is 11.3. The molecule has 1 N–H and O–H groups in total. The highest BCUT2D eigenvalue weighted by atomic mass is 16.3. The molecule has 2 amide bonds. The van der Waals surface area contributed by atoms with Crippen molar-refractivity contribution >= 4 is 11.8 Å². The summed E-state index contributed by atoms with van der Waals surface area (Å²) in [5.74, 6) is 0.332. The summed E-state index contributed by atoms with van der Waals surface area (Å²) in [6, 6.07) is 4.46. The number of nitrogens with one attached hydrogen (secondary N) is 1. The van der Waals surface area contributed by atoms with Gasteiger partial charge in [-0.2, -0.15) is 0 Å². The van der Waals surface area contributed by atoms with Gasteiger partial charge in [-0.3, -0.25) is 9.59 Å². The standard InChI is InChI=1S/C24H33N3O3/c1-16-11-14-30-22(16)23(28)25-19-9-12-26(13-10-19)24(29)21-15-17(2)27(18(21)3)20-7-5-4-6-8-20/h11,14-15,19-20H,4-10,12-13H2,1-3H3,(H,25,28). The van der Waals surface area contributed by atoms with Gasteiger partial charge in [-0.25, -0.2) is 0 Å². The van der Waals surface area contributed by atoms with Crippen LogP contribution >= 0.6 is 0 Å². The summed E-state index contributed by atoms with van der Waals surface area (Å²) in [5.41, 5.74) is 3.98. The van der Waals surface area contributed by atoms with Gasteiger partial charge in [0.05, 0.1) is 11.8 Å². The van der Waals surface area contributed by atoms with Gasteiger partial charge < -0.3 is 19.2 Å². The molecule has 4 rings (SSSR count). The van der Waals surface area contributed by atoms with Crippen molar-refractivity contribution < 1.29 is 14.0 Å². The lowest BCUT2D eigenvalue weighted by atomic mass is 9.95. The first kappa shape index (κ1) is 20.8. The van der Waals surface area contributed by atoms with E-state index in [1.807, 2.05) is 11.8 Å². The Labute approximate surface area is 178 Å². The largest absolute Gasteiger partial charge is 0.459 e. The van der Waals surface area contributed by atoms with Crippen molar-refractivity contribution in [1.82, 2.24) is 14.8 Å². The first-order chi connectivity index (χ1) is 14.5. The lowest BCUT2D eigenvalue weighted by Crippen LogP contribution is -2.46. The molecule has 1 saturated carbocycles. The normalized spacial score (nSPS) is 18.6. The number of rotatable bonds is 4. The summed E-state index contributed by atoms with van der Waals surface area (Å²) in [6.07, 6.45) is 9.37. The SMILES string of the molecule is Cc1ccoc1C(=O)NC1CCN(C(=O)c2cc(C)n(C3CCCCC3)c2C)CC1. The number of carbonyl (C=O) groups excluding carboxylic acids is 2. The maximum atomic E-state index is 13.2. The molecule has 162 valence electrons. The van der Waals surface area contributed by atoms with Crippen LogP contribution in [0.5, 0.6) is 0 Å². The third kappa shape index (κ3) is 4.05. The van der Waals surface area contributed by atoms with Crippen molar-refractivity contribution in [3.05, 3.63) is 46.7 Å². The van der Waals surface area contributed by atoms with Gasteiger partial charge in [-0.1, -0.05) is 19.3 Å². The molecule has 0 aromatic carbocycles. The Morgan fingerprint density at radius 3 is 2.37 bits per heavy atom. The van der Waals surface area contributed by atoms with E-state index in [0.29, 0.717) is 24.9 Å². The number of furan rings is 1. The number of carbonyl (C=O) groups is 2. The van der Waals surface area contributed by atoms with Gasteiger partial charge in [0.2, 0.25) is 0 Å². The topological polar surface area (TPSA) is 67.5 Å². The lowest BCUT2D eigenvalue weighted by molar-refractivity contribution is 0.0694. The molecule has 0 spiro atoms. The maximum absolute atomic E-state index is 13.2. The van der Waals surface area contributed by atoms with E-state index in [2.05, 4.69) is 29.8 Å². The Hall–Kier alpha value is -2.50. The van der Waals surface area contributed by atoms with Crippen LogP contribution in [0.3, 0.4) is 0 Å². The van der Waals surface area contributed by atoms with Gasteiger partial charge in [0.15, 0.2) is 5.76 Å². The molecular formula is C24H33N3O3. The van der Waals surface area contributed by atoms with Gasteiger partial charge in [-0.05, 0) is 58.6 Å². The summed E-state index contributed by atoms with van der Waals surface area (Å²) < 4.78 is 7.68. The van der Waals surface area contributed by atoms with E-state index in [1.54, 1.807) is 6.07 Å². The molecule has 0 unspecified atom stereocenters. The number of hydrogen-bond acceptors (Lipinski definition) is 3. The average molecular weight is 412 g/mol. The highest BCUT2D eigenvalue weighted by Crippen LogP contribution is 2.32. The Balaban J connectivity index is 1.37. The minimum atomic E-state index is -0.168. The fourth-order valence-corrected chi connectivity index (χ4v) is 5.15. The van der Waals surface area contributed by atoms with Gasteiger partial charge >= 0.3 is 0 Å². The molecule has 2 aromatic heterocycles. The average Bonchev–Trinajstić information content (AvgIpc) is 3.31. The van der Waals surface area contributed by atoms with Gasteiger partial charge in [0.1, 0.15) is 0 Å². The second-order valence-corrected chi connectivity index (χ2v) is 8.92. The minimum Gasteiger partial charge on any atom is -0.459 e. The number of likely N-dealkylation sites (tertiary alicyclic amines) is 1. The molecule has 3 heterocycles. The molecular weight excluding hydrogens is 378 g/mol. The monoisotopic (exact) mass is 411 g/mol. The Morgan fingerprint density at radius 2 is 1.73 bits per heavy atom. The van der Waals surface area contributed by atoms with Crippen LogP contribution in [0.25, 0.3) is 0 Å². The van der Waals surface area contributed by atoms with E-state index in [0.717, 1.165) is 29.7 Å². The highest BCUT2D eigenvalue weighted by molar-refractivity contribution is 5.96. The maximum Gasteiger partial charge on any atom is 0.287 e. The van der Waals surface area contributed by atoms with E-state index < -0.39 is 0 Å². The van der Waals surface area contributed by atoms with Crippen molar-refractivity contribution in [2.45, 2.75) is 77.8 Å². The Morgan fingerprint density at radius 1 is 1.03 bits per heavy atom. The zero-order valence-corrected chi connectivity index (χ0v) is 18.4. The number of aromatic nitrogens is 1. The third-order valence-corrected chi connectivity index (χ3v) is 6.84. The van der Waals surface area contributed by atoms with Crippen LogP contribution in [-0.2, 0) is 0 Å². The first-order valence-electron chi connectivity index (χ1n) is 11.3. The van der Waals surface area contributed by atoms with E-state index in [9.17, 15) is 9.59 Å².